The lowest BCUT2D eigenvalue weighted by Gasteiger charge is -2.41. The lowest BCUT2D eigenvalue weighted by molar-refractivity contribution is -0.0647. The van der Waals surface area contributed by atoms with Crippen molar-refractivity contribution in [3.05, 3.63) is 34.3 Å². The number of halogens is 1. The van der Waals surface area contributed by atoms with Gasteiger partial charge in [-0.1, -0.05) is 47.0 Å². The summed E-state index contributed by atoms with van der Waals surface area (Å²) in [7, 11) is 0. The number of benzene rings is 1. The molecular weight excluding hydrogens is 342 g/mol. The molecule has 122 valence electrons. The second-order valence-electron chi connectivity index (χ2n) is 6.25. The molecule has 1 aromatic carbocycles. The molecule has 0 bridgehead atoms. The highest BCUT2D eigenvalue weighted by atomic mass is 79.9. The van der Waals surface area contributed by atoms with Crippen LogP contribution in [0.4, 0.5) is 0 Å². The molecule has 4 heteroatoms. The monoisotopic (exact) mass is 367 g/mol. The first-order valence-corrected chi connectivity index (χ1v) is 9.31. The highest BCUT2D eigenvalue weighted by molar-refractivity contribution is 9.10. The van der Waals surface area contributed by atoms with Gasteiger partial charge in [0, 0.05) is 23.6 Å². The Hall–Kier alpha value is -0.420. The van der Waals surface area contributed by atoms with Crippen molar-refractivity contribution >= 4 is 15.9 Å². The third-order valence-corrected chi connectivity index (χ3v) is 5.62. The molecule has 1 aliphatic carbocycles. The summed E-state index contributed by atoms with van der Waals surface area (Å²) in [5.74, 6) is 0. The molecule has 3 nitrogen and oxygen atoms in total. The van der Waals surface area contributed by atoms with Crippen LogP contribution < -0.4 is 0 Å². The van der Waals surface area contributed by atoms with Gasteiger partial charge < -0.3 is 9.47 Å². The van der Waals surface area contributed by atoms with Gasteiger partial charge in [0.15, 0.2) is 0 Å². The topological polar surface area (TPSA) is 21.7 Å². The van der Waals surface area contributed by atoms with Crippen molar-refractivity contribution in [2.75, 3.05) is 32.9 Å². The Morgan fingerprint density at radius 2 is 1.91 bits per heavy atom. The van der Waals surface area contributed by atoms with Crippen LogP contribution in [0, 0.1) is 0 Å². The van der Waals surface area contributed by atoms with E-state index in [4.69, 9.17) is 9.47 Å². The van der Waals surface area contributed by atoms with Crippen molar-refractivity contribution in [1.29, 1.82) is 0 Å². The fraction of sp³-hybridized carbons (Fsp3) is 0.667. The molecule has 1 aliphatic heterocycles. The molecule has 0 N–H and O–H groups in total. The first-order chi connectivity index (χ1) is 10.8. The summed E-state index contributed by atoms with van der Waals surface area (Å²) in [5, 5.41) is 0. The summed E-state index contributed by atoms with van der Waals surface area (Å²) in [6.45, 7) is 4.69. The molecule has 1 aromatic rings. The highest BCUT2D eigenvalue weighted by Gasteiger charge is 2.31. The number of morpholine rings is 1. The Morgan fingerprint density at radius 3 is 2.73 bits per heavy atom. The van der Waals surface area contributed by atoms with E-state index in [0.29, 0.717) is 12.1 Å². The number of ether oxygens (including phenoxy) is 2. The average Bonchev–Trinajstić information content (AvgIpc) is 2.58. The van der Waals surface area contributed by atoms with E-state index < -0.39 is 0 Å². The predicted molar refractivity (Wildman–Crippen MR) is 92.2 cm³/mol. The molecule has 1 saturated heterocycles. The number of nitrogens with zero attached hydrogens (tertiary/aromatic N) is 1. The molecule has 2 fully saturated rings. The Kier molecular flexibility index (Phi) is 6.30. The van der Waals surface area contributed by atoms with E-state index in [9.17, 15) is 0 Å². The predicted octanol–water partition coefficient (Wildman–Crippen LogP) is 3.65. The van der Waals surface area contributed by atoms with Crippen molar-refractivity contribution in [2.45, 2.75) is 44.2 Å². The van der Waals surface area contributed by atoms with Gasteiger partial charge in [-0.3, -0.25) is 4.90 Å². The molecule has 0 radical (unpaired) electrons. The minimum Gasteiger partial charge on any atom is -0.379 e. The molecule has 3 rings (SSSR count). The maximum atomic E-state index is 6.30. The van der Waals surface area contributed by atoms with Gasteiger partial charge in [0.2, 0.25) is 0 Å². The van der Waals surface area contributed by atoms with E-state index >= 15 is 0 Å². The van der Waals surface area contributed by atoms with Gasteiger partial charge in [-0.05, 0) is 30.9 Å². The molecule has 0 spiro atoms. The average molecular weight is 368 g/mol. The van der Waals surface area contributed by atoms with E-state index in [0.717, 1.165) is 39.3 Å². The van der Waals surface area contributed by atoms with Crippen LogP contribution in [0.15, 0.2) is 28.7 Å². The second-order valence-corrected chi connectivity index (χ2v) is 7.11. The molecule has 1 heterocycles. The molecule has 2 aliphatic rings. The minimum absolute atomic E-state index is 0.398. The summed E-state index contributed by atoms with van der Waals surface area (Å²) < 4.78 is 13.0. The summed E-state index contributed by atoms with van der Waals surface area (Å²) in [6, 6.07) is 9.03. The maximum absolute atomic E-state index is 6.30. The third kappa shape index (κ3) is 4.31. The summed E-state index contributed by atoms with van der Waals surface area (Å²) in [4.78, 5) is 2.59. The van der Waals surface area contributed by atoms with Crippen molar-refractivity contribution in [1.82, 2.24) is 4.90 Å². The van der Waals surface area contributed by atoms with E-state index in [1.54, 1.807) is 0 Å². The molecule has 2 unspecified atom stereocenters. The van der Waals surface area contributed by atoms with E-state index in [-0.39, 0.29) is 0 Å². The van der Waals surface area contributed by atoms with Crippen LogP contribution in [-0.2, 0) is 15.9 Å². The smallest absolute Gasteiger partial charge is 0.0730 e. The van der Waals surface area contributed by atoms with Crippen LogP contribution >= 0.6 is 15.9 Å². The molecule has 1 saturated carbocycles. The molecule has 2 atom stereocenters. The maximum Gasteiger partial charge on any atom is 0.0730 e. The molecule has 22 heavy (non-hydrogen) atoms. The van der Waals surface area contributed by atoms with Crippen LogP contribution in [0.1, 0.15) is 31.2 Å². The first kappa shape index (κ1) is 16.4. The van der Waals surface area contributed by atoms with Crippen molar-refractivity contribution in [3.8, 4) is 0 Å². The summed E-state index contributed by atoms with van der Waals surface area (Å²) in [5.41, 5.74) is 1.33. The summed E-state index contributed by atoms with van der Waals surface area (Å²) >= 11 is 3.62. The van der Waals surface area contributed by atoms with Crippen LogP contribution in [-0.4, -0.2) is 50.0 Å². The SMILES string of the molecule is Brc1ccccc1CCOC1CCCCC1N1CCOCC1. The van der Waals surface area contributed by atoms with Gasteiger partial charge in [0.05, 0.1) is 25.9 Å². The van der Waals surface area contributed by atoms with Gasteiger partial charge in [-0.25, -0.2) is 0 Å². The first-order valence-electron chi connectivity index (χ1n) is 8.51. The zero-order valence-electron chi connectivity index (χ0n) is 13.2. The van der Waals surface area contributed by atoms with Crippen LogP contribution in [0.5, 0.6) is 0 Å². The Morgan fingerprint density at radius 1 is 1.14 bits per heavy atom. The Labute approximate surface area is 142 Å². The second kappa shape index (κ2) is 8.44. The van der Waals surface area contributed by atoms with Gasteiger partial charge >= 0.3 is 0 Å². The normalized spacial score (nSPS) is 27.0. The van der Waals surface area contributed by atoms with Crippen molar-refractivity contribution in [3.63, 3.8) is 0 Å². The number of rotatable bonds is 5. The minimum atomic E-state index is 0.398. The van der Waals surface area contributed by atoms with Gasteiger partial charge in [-0.15, -0.1) is 0 Å². The fourth-order valence-corrected chi connectivity index (χ4v) is 4.10. The van der Waals surface area contributed by atoms with Gasteiger partial charge in [0.1, 0.15) is 0 Å². The van der Waals surface area contributed by atoms with Crippen molar-refractivity contribution in [2.24, 2.45) is 0 Å². The standard InChI is InChI=1S/C18H26BrNO2/c19-16-6-2-1-5-15(16)9-12-22-18-8-4-3-7-17(18)20-10-13-21-14-11-20/h1-2,5-6,17-18H,3-4,7-14H2. The third-order valence-electron chi connectivity index (χ3n) is 4.84. The lowest BCUT2D eigenvalue weighted by atomic mass is 9.91. The molecular formula is C18H26BrNO2. The largest absolute Gasteiger partial charge is 0.379 e. The van der Waals surface area contributed by atoms with Gasteiger partial charge in [-0.2, -0.15) is 0 Å². The molecule has 0 aromatic heterocycles. The Balaban J connectivity index is 1.52. The fourth-order valence-electron chi connectivity index (χ4n) is 3.62. The number of hydrogen-bond acceptors (Lipinski definition) is 3. The lowest BCUT2D eigenvalue weighted by Crippen LogP contribution is -2.51. The van der Waals surface area contributed by atoms with E-state index in [1.807, 2.05) is 0 Å². The van der Waals surface area contributed by atoms with Crippen LogP contribution in [0.25, 0.3) is 0 Å². The van der Waals surface area contributed by atoms with E-state index in [1.165, 1.54) is 35.7 Å². The molecule has 0 amide bonds. The van der Waals surface area contributed by atoms with Crippen LogP contribution in [0.3, 0.4) is 0 Å². The van der Waals surface area contributed by atoms with E-state index in [2.05, 4.69) is 45.1 Å². The quantitative estimate of drug-likeness (QED) is 0.792. The zero-order chi connectivity index (χ0) is 15.2. The summed E-state index contributed by atoms with van der Waals surface area (Å²) in [6.07, 6.45) is 6.51. The number of hydrogen-bond donors (Lipinski definition) is 0. The zero-order valence-corrected chi connectivity index (χ0v) is 14.8. The van der Waals surface area contributed by atoms with Gasteiger partial charge in [0.25, 0.3) is 0 Å². The van der Waals surface area contributed by atoms with Crippen LogP contribution in [0.2, 0.25) is 0 Å². The van der Waals surface area contributed by atoms with Crippen molar-refractivity contribution < 1.29 is 9.47 Å². The highest BCUT2D eigenvalue weighted by Crippen LogP contribution is 2.27. The Bertz CT molecular complexity index is 462.